The van der Waals surface area contributed by atoms with Crippen LogP contribution in [0.2, 0.25) is 0 Å². The fourth-order valence-corrected chi connectivity index (χ4v) is 2.41. The third-order valence-electron chi connectivity index (χ3n) is 3.72. The lowest BCUT2D eigenvalue weighted by Crippen LogP contribution is -2.39. The lowest BCUT2D eigenvalue weighted by molar-refractivity contribution is 0.169. The Bertz CT molecular complexity index is 513. The van der Waals surface area contributed by atoms with E-state index in [1.54, 1.807) is 0 Å². The Morgan fingerprint density at radius 3 is 2.85 bits per heavy atom. The van der Waals surface area contributed by atoms with Gasteiger partial charge in [0.05, 0.1) is 6.20 Å². The molecule has 2 heterocycles. The van der Waals surface area contributed by atoms with Gasteiger partial charge in [-0.05, 0) is 39.7 Å². The van der Waals surface area contributed by atoms with Crippen molar-refractivity contribution in [2.45, 2.75) is 32.7 Å². The topological polar surface area (TPSA) is 90.9 Å². The highest BCUT2D eigenvalue weighted by Gasteiger charge is 2.29. The van der Waals surface area contributed by atoms with Gasteiger partial charge in [-0.1, -0.05) is 0 Å². The second-order valence-electron chi connectivity index (χ2n) is 6.26. The maximum atomic E-state index is 8.78. The van der Waals surface area contributed by atoms with Gasteiger partial charge in [0.1, 0.15) is 17.5 Å². The molecule has 0 radical (unpaired) electrons. The van der Waals surface area contributed by atoms with Gasteiger partial charge in [0.15, 0.2) is 0 Å². The van der Waals surface area contributed by atoms with Crippen LogP contribution in [0.25, 0.3) is 0 Å². The number of likely N-dealkylation sites (tertiary alicyclic amines) is 1. The maximum absolute atomic E-state index is 8.78. The molecule has 1 aliphatic heterocycles. The van der Waals surface area contributed by atoms with Gasteiger partial charge < -0.3 is 11.1 Å². The van der Waals surface area contributed by atoms with E-state index in [0.717, 1.165) is 19.6 Å². The van der Waals surface area contributed by atoms with E-state index >= 15 is 0 Å². The molecule has 2 rings (SSSR count). The summed E-state index contributed by atoms with van der Waals surface area (Å²) in [5, 5.41) is 12.0. The number of nitrogens with two attached hydrogens (primary N) is 1. The van der Waals surface area contributed by atoms with E-state index in [2.05, 4.69) is 41.0 Å². The highest BCUT2D eigenvalue weighted by Crippen LogP contribution is 2.24. The summed E-state index contributed by atoms with van der Waals surface area (Å²) in [7, 11) is 0. The van der Waals surface area contributed by atoms with Crippen molar-refractivity contribution < 1.29 is 0 Å². The number of nitrogens with one attached hydrogen (secondary N) is 1. The van der Waals surface area contributed by atoms with Gasteiger partial charge >= 0.3 is 0 Å². The predicted molar refractivity (Wildman–Crippen MR) is 79.1 cm³/mol. The molecule has 0 aromatic carbocycles. The summed E-state index contributed by atoms with van der Waals surface area (Å²) < 4.78 is 0. The van der Waals surface area contributed by atoms with Crippen LogP contribution in [-0.4, -0.2) is 40.0 Å². The Morgan fingerprint density at radius 2 is 2.30 bits per heavy atom. The van der Waals surface area contributed by atoms with Gasteiger partial charge in [0, 0.05) is 18.6 Å². The molecule has 0 aliphatic carbocycles. The van der Waals surface area contributed by atoms with E-state index in [-0.39, 0.29) is 11.4 Å². The summed E-state index contributed by atoms with van der Waals surface area (Å²) in [6.45, 7) is 9.78. The normalized spacial score (nSPS) is 19.8. The molecule has 1 atom stereocenters. The first kappa shape index (κ1) is 14.5. The Balaban J connectivity index is 1.88. The standard InChI is InChI=1S/C14H22N6/c1-14(2,3)20-5-4-10(9-20)7-17-13-18-8-11(6-15)12(16)19-13/h8,10H,4-5,7,9H2,1-3H3,(H3,16,17,18,19). The predicted octanol–water partition coefficient (Wildman–Crippen LogP) is 1.46. The average Bonchev–Trinajstić information content (AvgIpc) is 2.85. The Hall–Kier alpha value is -1.87. The summed E-state index contributed by atoms with van der Waals surface area (Å²) in [6, 6.07) is 1.96. The number of anilines is 2. The zero-order chi connectivity index (χ0) is 14.8. The first-order valence-electron chi connectivity index (χ1n) is 6.91. The van der Waals surface area contributed by atoms with E-state index in [9.17, 15) is 0 Å². The van der Waals surface area contributed by atoms with Gasteiger partial charge in [-0.2, -0.15) is 10.2 Å². The molecular formula is C14H22N6. The second kappa shape index (κ2) is 5.63. The lowest BCUT2D eigenvalue weighted by atomic mass is 10.1. The van der Waals surface area contributed by atoms with Crippen molar-refractivity contribution in [2.75, 3.05) is 30.7 Å². The minimum Gasteiger partial charge on any atom is -0.382 e. The third-order valence-corrected chi connectivity index (χ3v) is 3.72. The van der Waals surface area contributed by atoms with E-state index < -0.39 is 0 Å². The maximum Gasteiger partial charge on any atom is 0.224 e. The number of aromatic nitrogens is 2. The zero-order valence-electron chi connectivity index (χ0n) is 12.3. The number of nitriles is 1. The molecule has 6 nitrogen and oxygen atoms in total. The van der Waals surface area contributed by atoms with Crippen LogP contribution in [0.5, 0.6) is 0 Å². The Labute approximate surface area is 120 Å². The first-order chi connectivity index (χ1) is 9.40. The molecule has 1 aliphatic rings. The number of hydrogen-bond acceptors (Lipinski definition) is 6. The van der Waals surface area contributed by atoms with Gasteiger partial charge in [0.2, 0.25) is 5.95 Å². The molecule has 1 unspecified atom stereocenters. The number of hydrogen-bond donors (Lipinski definition) is 2. The van der Waals surface area contributed by atoms with Crippen LogP contribution in [-0.2, 0) is 0 Å². The van der Waals surface area contributed by atoms with Gasteiger partial charge in [0.25, 0.3) is 0 Å². The summed E-state index contributed by atoms with van der Waals surface area (Å²) in [5.41, 5.74) is 6.21. The summed E-state index contributed by atoms with van der Waals surface area (Å²) in [6.07, 6.45) is 2.64. The van der Waals surface area contributed by atoms with E-state index in [0.29, 0.717) is 17.4 Å². The van der Waals surface area contributed by atoms with Gasteiger partial charge in [-0.25, -0.2) is 4.98 Å². The fourth-order valence-electron chi connectivity index (χ4n) is 2.41. The molecule has 0 saturated carbocycles. The largest absolute Gasteiger partial charge is 0.382 e. The van der Waals surface area contributed by atoms with Crippen molar-refractivity contribution in [3.63, 3.8) is 0 Å². The molecule has 1 aromatic heterocycles. The second-order valence-corrected chi connectivity index (χ2v) is 6.26. The number of nitrogens with zero attached hydrogens (tertiary/aromatic N) is 4. The highest BCUT2D eigenvalue weighted by atomic mass is 15.2. The first-order valence-corrected chi connectivity index (χ1v) is 6.91. The van der Waals surface area contributed by atoms with E-state index in [1.165, 1.54) is 12.6 Å². The van der Waals surface area contributed by atoms with E-state index in [4.69, 9.17) is 11.0 Å². The molecule has 1 saturated heterocycles. The van der Waals surface area contributed by atoms with Crippen LogP contribution in [0.4, 0.5) is 11.8 Å². The molecule has 3 N–H and O–H groups in total. The number of nitrogen functional groups attached to an aromatic ring is 1. The summed E-state index contributed by atoms with van der Waals surface area (Å²) in [4.78, 5) is 10.7. The van der Waals surface area contributed by atoms with Crippen molar-refractivity contribution in [3.05, 3.63) is 11.8 Å². The number of rotatable bonds is 3. The smallest absolute Gasteiger partial charge is 0.224 e. The fraction of sp³-hybridized carbons (Fsp3) is 0.643. The monoisotopic (exact) mass is 274 g/mol. The van der Waals surface area contributed by atoms with Crippen molar-refractivity contribution in [1.29, 1.82) is 5.26 Å². The molecule has 0 spiro atoms. The molecule has 20 heavy (non-hydrogen) atoms. The molecule has 108 valence electrons. The minimum absolute atomic E-state index is 0.226. The van der Waals surface area contributed by atoms with Gasteiger partial charge in [-0.15, -0.1) is 0 Å². The zero-order valence-corrected chi connectivity index (χ0v) is 12.3. The van der Waals surface area contributed by atoms with Crippen LogP contribution >= 0.6 is 0 Å². The van der Waals surface area contributed by atoms with Gasteiger partial charge in [-0.3, -0.25) is 4.90 Å². The Kier molecular flexibility index (Phi) is 4.09. The van der Waals surface area contributed by atoms with E-state index in [1.807, 2.05) is 6.07 Å². The van der Waals surface area contributed by atoms with Crippen LogP contribution < -0.4 is 11.1 Å². The third kappa shape index (κ3) is 3.36. The van der Waals surface area contributed by atoms with Crippen LogP contribution in [0.3, 0.4) is 0 Å². The summed E-state index contributed by atoms with van der Waals surface area (Å²) in [5.74, 6) is 1.32. The van der Waals surface area contributed by atoms with Crippen molar-refractivity contribution in [3.8, 4) is 6.07 Å². The van der Waals surface area contributed by atoms with Crippen LogP contribution in [0, 0.1) is 17.2 Å². The average molecular weight is 274 g/mol. The van der Waals surface area contributed by atoms with Crippen LogP contribution in [0.15, 0.2) is 6.20 Å². The molecule has 0 amide bonds. The molecule has 0 bridgehead atoms. The van der Waals surface area contributed by atoms with Crippen molar-refractivity contribution in [1.82, 2.24) is 14.9 Å². The highest BCUT2D eigenvalue weighted by molar-refractivity contribution is 5.49. The Morgan fingerprint density at radius 1 is 1.55 bits per heavy atom. The SMILES string of the molecule is CC(C)(C)N1CCC(CNc2ncc(C#N)c(N)n2)C1. The summed E-state index contributed by atoms with van der Waals surface area (Å²) >= 11 is 0. The van der Waals surface area contributed by atoms with Crippen molar-refractivity contribution >= 4 is 11.8 Å². The minimum atomic E-state index is 0.226. The van der Waals surface area contributed by atoms with Crippen molar-refractivity contribution in [2.24, 2.45) is 5.92 Å². The molecular weight excluding hydrogens is 252 g/mol. The molecule has 1 aromatic rings. The quantitative estimate of drug-likeness (QED) is 0.867. The van der Waals surface area contributed by atoms with Crippen LogP contribution in [0.1, 0.15) is 32.8 Å². The molecule has 1 fully saturated rings. The lowest BCUT2D eigenvalue weighted by Gasteiger charge is -2.31. The molecule has 6 heteroatoms.